The number of benzene rings is 1. The number of aromatic nitrogens is 3. The highest BCUT2D eigenvalue weighted by Gasteiger charge is 2.27. The SMILES string of the molecule is Cc1ccc(-n2cnnc2SC(C)C(=O)N(C(C)C)C(C)C)c(C)c1. The predicted molar refractivity (Wildman–Crippen MR) is 103 cm³/mol. The molecular weight excluding hydrogens is 332 g/mol. The fourth-order valence-electron chi connectivity index (χ4n) is 3.07. The topological polar surface area (TPSA) is 51.0 Å². The Kier molecular flexibility index (Phi) is 6.27. The average Bonchev–Trinajstić information content (AvgIpc) is 2.94. The van der Waals surface area contributed by atoms with E-state index in [0.29, 0.717) is 0 Å². The largest absolute Gasteiger partial charge is 0.337 e. The molecular formula is C19H28N4OS. The molecule has 0 radical (unpaired) electrons. The number of nitrogens with zero attached hydrogens (tertiary/aromatic N) is 4. The van der Waals surface area contributed by atoms with E-state index in [2.05, 4.69) is 42.2 Å². The molecule has 1 amide bonds. The van der Waals surface area contributed by atoms with Crippen LogP contribution in [-0.2, 0) is 4.79 Å². The molecule has 1 aromatic heterocycles. The Labute approximate surface area is 154 Å². The van der Waals surface area contributed by atoms with Gasteiger partial charge in [0.05, 0.1) is 10.9 Å². The van der Waals surface area contributed by atoms with Crippen LogP contribution in [0.4, 0.5) is 0 Å². The lowest BCUT2D eigenvalue weighted by atomic mass is 10.1. The average molecular weight is 361 g/mol. The Morgan fingerprint density at radius 1 is 1.12 bits per heavy atom. The van der Waals surface area contributed by atoms with Crippen LogP contribution in [0, 0.1) is 13.8 Å². The molecule has 0 aliphatic rings. The van der Waals surface area contributed by atoms with Crippen molar-refractivity contribution in [3.05, 3.63) is 35.7 Å². The standard InChI is InChI=1S/C19H28N4OS/c1-12(2)23(13(3)4)18(24)16(7)25-19-21-20-11-22(19)17-9-8-14(5)10-15(17)6/h8-13,16H,1-7H3. The Balaban J connectivity index is 2.24. The van der Waals surface area contributed by atoms with Crippen LogP contribution in [0.3, 0.4) is 0 Å². The second-order valence-corrected chi connectivity index (χ2v) is 8.27. The lowest BCUT2D eigenvalue weighted by molar-refractivity contribution is -0.133. The van der Waals surface area contributed by atoms with Crippen molar-refractivity contribution in [2.24, 2.45) is 0 Å². The molecule has 0 aliphatic heterocycles. The zero-order chi connectivity index (χ0) is 18.7. The van der Waals surface area contributed by atoms with E-state index in [9.17, 15) is 4.79 Å². The zero-order valence-electron chi connectivity index (χ0n) is 16.1. The summed E-state index contributed by atoms with van der Waals surface area (Å²) in [5, 5.41) is 8.80. The lowest BCUT2D eigenvalue weighted by Gasteiger charge is -2.32. The van der Waals surface area contributed by atoms with Crippen molar-refractivity contribution in [1.82, 2.24) is 19.7 Å². The smallest absolute Gasteiger partial charge is 0.236 e. The van der Waals surface area contributed by atoms with Crippen molar-refractivity contribution in [1.29, 1.82) is 0 Å². The molecule has 1 atom stereocenters. The van der Waals surface area contributed by atoms with Gasteiger partial charge in [-0.25, -0.2) is 0 Å². The third kappa shape index (κ3) is 4.42. The van der Waals surface area contributed by atoms with E-state index in [0.717, 1.165) is 16.4 Å². The fraction of sp³-hybridized carbons (Fsp3) is 0.526. The summed E-state index contributed by atoms with van der Waals surface area (Å²) >= 11 is 1.45. The molecule has 0 saturated carbocycles. The first-order valence-corrected chi connectivity index (χ1v) is 9.56. The normalized spacial score (nSPS) is 12.7. The molecule has 2 rings (SSSR count). The van der Waals surface area contributed by atoms with E-state index in [1.165, 1.54) is 17.3 Å². The molecule has 25 heavy (non-hydrogen) atoms. The van der Waals surface area contributed by atoms with Crippen LogP contribution in [0.1, 0.15) is 45.7 Å². The number of carbonyl (C=O) groups is 1. The monoisotopic (exact) mass is 360 g/mol. The van der Waals surface area contributed by atoms with Crippen LogP contribution >= 0.6 is 11.8 Å². The zero-order valence-corrected chi connectivity index (χ0v) is 17.0. The highest BCUT2D eigenvalue weighted by molar-refractivity contribution is 8.00. The van der Waals surface area contributed by atoms with E-state index >= 15 is 0 Å². The van der Waals surface area contributed by atoms with Crippen molar-refractivity contribution < 1.29 is 4.79 Å². The summed E-state index contributed by atoms with van der Waals surface area (Å²) in [4.78, 5) is 14.8. The number of thioether (sulfide) groups is 1. The van der Waals surface area contributed by atoms with Gasteiger partial charge in [0.15, 0.2) is 5.16 Å². The van der Waals surface area contributed by atoms with Gasteiger partial charge in [-0.15, -0.1) is 10.2 Å². The van der Waals surface area contributed by atoms with Gasteiger partial charge >= 0.3 is 0 Å². The number of rotatable bonds is 6. The summed E-state index contributed by atoms with van der Waals surface area (Å²) in [6.07, 6.45) is 1.71. The van der Waals surface area contributed by atoms with Crippen LogP contribution in [-0.4, -0.2) is 42.9 Å². The van der Waals surface area contributed by atoms with Gasteiger partial charge in [-0.05, 0) is 60.1 Å². The highest BCUT2D eigenvalue weighted by Crippen LogP contribution is 2.27. The molecule has 1 aromatic carbocycles. The first-order chi connectivity index (χ1) is 11.7. The van der Waals surface area contributed by atoms with E-state index in [4.69, 9.17) is 0 Å². The summed E-state index contributed by atoms with van der Waals surface area (Å²) in [5.74, 6) is 0.130. The van der Waals surface area contributed by atoms with Gasteiger partial charge < -0.3 is 4.90 Å². The van der Waals surface area contributed by atoms with Gasteiger partial charge in [-0.3, -0.25) is 9.36 Å². The minimum atomic E-state index is -0.224. The number of aryl methyl sites for hydroxylation is 2. The van der Waals surface area contributed by atoms with Gasteiger partial charge in [-0.2, -0.15) is 0 Å². The molecule has 0 saturated heterocycles. The molecule has 136 valence electrons. The van der Waals surface area contributed by atoms with Gasteiger partial charge in [0.2, 0.25) is 5.91 Å². The minimum Gasteiger partial charge on any atom is -0.337 e. The minimum absolute atomic E-state index is 0.130. The van der Waals surface area contributed by atoms with E-state index < -0.39 is 0 Å². The molecule has 1 heterocycles. The summed E-state index contributed by atoms with van der Waals surface area (Å²) in [5.41, 5.74) is 3.42. The van der Waals surface area contributed by atoms with Crippen molar-refractivity contribution in [2.45, 2.75) is 71.0 Å². The number of hydrogen-bond donors (Lipinski definition) is 0. The summed E-state index contributed by atoms with van der Waals surface area (Å²) in [6.45, 7) is 14.3. The van der Waals surface area contributed by atoms with E-state index in [1.807, 2.05) is 44.1 Å². The molecule has 0 N–H and O–H groups in total. The van der Waals surface area contributed by atoms with Crippen LogP contribution in [0.25, 0.3) is 5.69 Å². The Morgan fingerprint density at radius 3 is 2.32 bits per heavy atom. The van der Waals surface area contributed by atoms with Crippen LogP contribution in [0.2, 0.25) is 0 Å². The molecule has 2 aromatic rings. The van der Waals surface area contributed by atoms with Crippen molar-refractivity contribution in [3.63, 3.8) is 0 Å². The summed E-state index contributed by atoms with van der Waals surface area (Å²) in [7, 11) is 0. The molecule has 6 heteroatoms. The second-order valence-electron chi connectivity index (χ2n) is 6.97. The van der Waals surface area contributed by atoms with Gasteiger partial charge in [-0.1, -0.05) is 29.5 Å². The van der Waals surface area contributed by atoms with E-state index in [1.54, 1.807) is 6.33 Å². The summed E-state index contributed by atoms with van der Waals surface area (Å²) < 4.78 is 1.96. The molecule has 5 nitrogen and oxygen atoms in total. The first kappa shape index (κ1) is 19.5. The first-order valence-electron chi connectivity index (χ1n) is 8.68. The molecule has 0 aliphatic carbocycles. The maximum atomic E-state index is 12.9. The predicted octanol–water partition coefficient (Wildman–Crippen LogP) is 4.01. The third-order valence-corrected chi connectivity index (χ3v) is 5.17. The highest BCUT2D eigenvalue weighted by atomic mass is 32.2. The van der Waals surface area contributed by atoms with Gasteiger partial charge in [0.25, 0.3) is 0 Å². The summed E-state index contributed by atoms with van der Waals surface area (Å²) in [6, 6.07) is 6.63. The van der Waals surface area contributed by atoms with Crippen LogP contribution in [0.5, 0.6) is 0 Å². The van der Waals surface area contributed by atoms with E-state index in [-0.39, 0.29) is 23.2 Å². The molecule has 1 unspecified atom stereocenters. The fourth-order valence-corrected chi connectivity index (χ4v) is 3.96. The van der Waals surface area contributed by atoms with Crippen molar-refractivity contribution in [3.8, 4) is 5.69 Å². The molecule has 0 bridgehead atoms. The maximum absolute atomic E-state index is 12.9. The van der Waals surface area contributed by atoms with Gasteiger partial charge in [0.1, 0.15) is 6.33 Å². The lowest BCUT2D eigenvalue weighted by Crippen LogP contribution is -2.45. The molecule has 0 spiro atoms. The van der Waals surface area contributed by atoms with Crippen molar-refractivity contribution >= 4 is 17.7 Å². The number of hydrogen-bond acceptors (Lipinski definition) is 4. The van der Waals surface area contributed by atoms with Crippen LogP contribution in [0.15, 0.2) is 29.7 Å². The number of carbonyl (C=O) groups excluding carboxylic acids is 1. The molecule has 0 fully saturated rings. The Bertz CT molecular complexity index is 731. The third-order valence-electron chi connectivity index (χ3n) is 4.13. The van der Waals surface area contributed by atoms with Crippen LogP contribution < -0.4 is 0 Å². The number of amides is 1. The van der Waals surface area contributed by atoms with Gasteiger partial charge in [0, 0.05) is 12.1 Å². The van der Waals surface area contributed by atoms with Crippen molar-refractivity contribution in [2.75, 3.05) is 0 Å². The Hall–Kier alpha value is -1.82. The Morgan fingerprint density at radius 2 is 1.76 bits per heavy atom. The maximum Gasteiger partial charge on any atom is 0.236 e. The quantitative estimate of drug-likeness (QED) is 0.730. The second kappa shape index (κ2) is 8.04.